The van der Waals surface area contributed by atoms with Crippen LogP contribution in [0, 0.1) is 24.2 Å². The van der Waals surface area contributed by atoms with Crippen molar-refractivity contribution in [2.24, 2.45) is 0 Å². The maximum atomic E-state index is 14.0. The van der Waals surface area contributed by atoms with E-state index < -0.39 is 24.1 Å². The lowest BCUT2D eigenvalue weighted by Crippen LogP contribution is -2.47. The summed E-state index contributed by atoms with van der Waals surface area (Å²) in [6.07, 6.45) is 4.22. The van der Waals surface area contributed by atoms with Gasteiger partial charge < -0.3 is 15.0 Å². The van der Waals surface area contributed by atoms with Gasteiger partial charge in [0.1, 0.15) is 17.6 Å². The molecule has 5 heterocycles. The van der Waals surface area contributed by atoms with E-state index in [1.807, 2.05) is 37.3 Å². The van der Waals surface area contributed by atoms with Crippen molar-refractivity contribution in [1.29, 1.82) is 5.26 Å². The van der Waals surface area contributed by atoms with E-state index in [0.717, 1.165) is 37.4 Å². The minimum absolute atomic E-state index is 0.366. The van der Waals surface area contributed by atoms with E-state index in [9.17, 15) is 9.18 Å². The largest absolute Gasteiger partial charge is 0.383 e. The van der Waals surface area contributed by atoms with Crippen LogP contribution in [0.2, 0.25) is 0 Å². The molecule has 244 valence electrons. The number of nitriles is 1. The normalized spacial score (nSPS) is 18.6. The molecule has 2 fully saturated rings. The van der Waals surface area contributed by atoms with Crippen LogP contribution in [0.15, 0.2) is 61.1 Å². The second-order valence-electron chi connectivity index (χ2n) is 11.3. The zero-order valence-electron chi connectivity index (χ0n) is 26.2. The van der Waals surface area contributed by atoms with Crippen molar-refractivity contribution in [3.05, 3.63) is 78.1 Å². The minimum atomic E-state index is -0.630. The second-order valence-corrected chi connectivity index (χ2v) is 11.3. The molecule has 4 aromatic rings. The fourth-order valence-electron chi connectivity index (χ4n) is 5.74. The average Bonchev–Trinajstić information content (AvgIpc) is 3.64. The molecule has 14 nitrogen and oxygen atoms in total. The molecule has 6 rings (SSSR count). The molecule has 3 aromatic heterocycles. The summed E-state index contributed by atoms with van der Waals surface area (Å²) >= 11 is 0. The van der Waals surface area contributed by atoms with Gasteiger partial charge in [-0.05, 0) is 36.8 Å². The smallest absolute Gasteiger partial charge is 0.320 e. The maximum absolute atomic E-state index is 14.0. The number of carbonyl (C=O) groups is 1. The summed E-state index contributed by atoms with van der Waals surface area (Å²) in [6, 6.07) is 13.7. The molecule has 2 aliphatic rings. The third-order valence-corrected chi connectivity index (χ3v) is 8.18. The molecule has 0 saturated carbocycles. The molecule has 0 aliphatic carbocycles. The number of nitrogens with one attached hydrogen (secondary N) is 2. The summed E-state index contributed by atoms with van der Waals surface area (Å²) < 4.78 is 20.9. The second kappa shape index (κ2) is 14.6. The van der Waals surface area contributed by atoms with Crippen LogP contribution in [0.25, 0.3) is 16.9 Å². The predicted molar refractivity (Wildman–Crippen MR) is 171 cm³/mol. The Kier molecular flexibility index (Phi) is 9.93. The lowest BCUT2D eigenvalue weighted by molar-refractivity contribution is -0.154. The first-order valence-electron chi connectivity index (χ1n) is 15.3. The van der Waals surface area contributed by atoms with Crippen LogP contribution in [0.4, 0.5) is 21.0 Å². The predicted octanol–water partition coefficient (Wildman–Crippen LogP) is 2.94. The number of pyridine rings is 1. The quantitative estimate of drug-likeness (QED) is 0.194. The minimum Gasteiger partial charge on any atom is -0.383 e. The maximum Gasteiger partial charge on any atom is 0.320 e. The van der Waals surface area contributed by atoms with Gasteiger partial charge in [0.15, 0.2) is 0 Å². The Labute approximate surface area is 271 Å². The van der Waals surface area contributed by atoms with E-state index >= 15 is 0 Å². The molecule has 2 atom stereocenters. The first kappa shape index (κ1) is 32.0. The highest BCUT2D eigenvalue weighted by Gasteiger charge is 2.37. The highest BCUT2D eigenvalue weighted by atomic mass is 19.1. The van der Waals surface area contributed by atoms with Crippen molar-refractivity contribution < 1.29 is 18.8 Å². The van der Waals surface area contributed by atoms with E-state index in [1.54, 1.807) is 35.3 Å². The number of hydrogen-bond acceptors (Lipinski definition) is 11. The lowest BCUT2D eigenvalue weighted by Gasteiger charge is -2.33. The zero-order valence-corrected chi connectivity index (χ0v) is 26.2. The standard InChI is InChI=1S/C32H36FN11O3/c1-22-28(24-19-36-31(37-20-24)42-14-12-41(11-9-34)13-15-42)40-44(25-6-4-3-5-7-25)30(22)39-32(45)38-26-21-43(16-17-46-2)47-29(26)23-8-10-35-27(33)18-23/h3-8,10,18-20,26,29H,11-17,21H2,1-2H3,(H2,38,39,45)/t26-,29+/m1/s1. The average molecular weight is 642 g/mol. The first-order valence-corrected chi connectivity index (χ1v) is 15.3. The Hall–Kier alpha value is -5.01. The van der Waals surface area contributed by atoms with Crippen LogP contribution < -0.4 is 15.5 Å². The molecule has 2 saturated heterocycles. The number of piperazine rings is 1. The van der Waals surface area contributed by atoms with Crippen LogP contribution in [-0.2, 0) is 9.57 Å². The summed E-state index contributed by atoms with van der Waals surface area (Å²) in [5, 5.41) is 21.6. The van der Waals surface area contributed by atoms with Gasteiger partial charge in [0.2, 0.25) is 11.9 Å². The van der Waals surface area contributed by atoms with E-state index in [2.05, 4.69) is 41.5 Å². The van der Waals surface area contributed by atoms with E-state index in [0.29, 0.717) is 54.8 Å². The van der Waals surface area contributed by atoms with Crippen molar-refractivity contribution in [2.45, 2.75) is 19.1 Å². The summed E-state index contributed by atoms with van der Waals surface area (Å²) in [6.45, 7) is 6.58. The number of hydrogen-bond donors (Lipinski definition) is 2. The van der Waals surface area contributed by atoms with Gasteiger partial charge in [-0.3, -0.25) is 15.1 Å². The summed E-state index contributed by atoms with van der Waals surface area (Å²) in [5.41, 5.74) is 3.36. The van der Waals surface area contributed by atoms with Crippen LogP contribution in [0.5, 0.6) is 0 Å². The molecule has 0 unspecified atom stereocenters. The number of halogens is 1. The van der Waals surface area contributed by atoms with Crippen molar-refractivity contribution in [2.75, 3.05) is 69.7 Å². The van der Waals surface area contributed by atoms with Crippen molar-refractivity contribution in [3.63, 3.8) is 0 Å². The molecule has 15 heteroatoms. The number of urea groups is 1. The van der Waals surface area contributed by atoms with Crippen molar-refractivity contribution in [3.8, 4) is 23.0 Å². The molecule has 2 amide bonds. The fraction of sp³-hybridized carbons (Fsp3) is 0.375. The molecule has 47 heavy (non-hydrogen) atoms. The van der Waals surface area contributed by atoms with Crippen molar-refractivity contribution in [1.82, 2.24) is 40.0 Å². The summed E-state index contributed by atoms with van der Waals surface area (Å²) in [7, 11) is 1.60. The number of methoxy groups -OCH3 is 1. The van der Waals surface area contributed by atoms with Gasteiger partial charge in [-0.25, -0.2) is 24.4 Å². The molecule has 2 N–H and O–H groups in total. The molecule has 0 spiro atoms. The summed E-state index contributed by atoms with van der Waals surface area (Å²) in [5.74, 6) is 0.461. The van der Waals surface area contributed by atoms with Crippen LogP contribution in [0.1, 0.15) is 17.2 Å². The van der Waals surface area contributed by atoms with Gasteiger partial charge in [0.25, 0.3) is 0 Å². The number of nitrogens with zero attached hydrogens (tertiary/aromatic N) is 9. The molecular weight excluding hydrogens is 605 g/mol. The van der Waals surface area contributed by atoms with Crippen LogP contribution >= 0.6 is 0 Å². The van der Waals surface area contributed by atoms with Crippen LogP contribution in [0.3, 0.4) is 0 Å². The SMILES string of the molecule is COCCN1C[C@@H](NC(=O)Nc2c(C)c(-c3cnc(N4CCN(CC#N)CC4)nc3)nn2-c2ccccc2)[C@H](c2ccnc(F)c2)O1. The Balaban J connectivity index is 1.23. The monoisotopic (exact) mass is 641 g/mol. The van der Waals surface area contributed by atoms with Gasteiger partial charge in [0.05, 0.1) is 31.0 Å². The number of carbonyl (C=O) groups excluding carboxylic acids is 1. The van der Waals surface area contributed by atoms with Crippen LogP contribution in [-0.4, -0.2) is 106 Å². The Morgan fingerprint density at radius 2 is 1.89 bits per heavy atom. The number of amides is 2. The summed E-state index contributed by atoms with van der Waals surface area (Å²) in [4.78, 5) is 36.8. The number of aromatic nitrogens is 5. The van der Waals surface area contributed by atoms with Gasteiger partial charge in [-0.1, -0.05) is 18.2 Å². The van der Waals surface area contributed by atoms with Gasteiger partial charge >= 0.3 is 6.03 Å². The fourth-order valence-corrected chi connectivity index (χ4v) is 5.74. The first-order chi connectivity index (χ1) is 22.9. The Bertz CT molecular complexity index is 1710. The number of benzene rings is 1. The van der Waals surface area contributed by atoms with Gasteiger partial charge in [-0.15, -0.1) is 0 Å². The van der Waals surface area contributed by atoms with Gasteiger partial charge in [0, 0.05) is 76.1 Å². The third-order valence-electron chi connectivity index (χ3n) is 8.18. The van der Waals surface area contributed by atoms with Gasteiger partial charge in [-0.2, -0.15) is 19.8 Å². The molecule has 0 radical (unpaired) electrons. The number of para-hydroxylation sites is 1. The van der Waals surface area contributed by atoms with E-state index in [1.165, 1.54) is 12.3 Å². The van der Waals surface area contributed by atoms with E-state index in [4.69, 9.17) is 19.9 Å². The van der Waals surface area contributed by atoms with Crippen molar-refractivity contribution >= 4 is 17.8 Å². The Morgan fingerprint density at radius 3 is 2.60 bits per heavy atom. The number of ether oxygens (including phenoxy) is 1. The number of hydroxylamine groups is 2. The lowest BCUT2D eigenvalue weighted by atomic mass is 10.0. The molecule has 0 bridgehead atoms. The highest BCUT2D eigenvalue weighted by Crippen LogP contribution is 2.32. The number of rotatable bonds is 10. The zero-order chi connectivity index (χ0) is 32.8. The highest BCUT2D eigenvalue weighted by molar-refractivity contribution is 5.91. The van der Waals surface area contributed by atoms with E-state index in [-0.39, 0.29) is 0 Å². The Morgan fingerprint density at radius 1 is 1.13 bits per heavy atom. The molecule has 1 aromatic carbocycles. The molecular formula is C32H36FN11O3. The number of anilines is 2. The third kappa shape index (κ3) is 7.36. The molecule has 2 aliphatic heterocycles. The topological polar surface area (TPSA) is 150 Å².